The Morgan fingerprint density at radius 3 is 1.40 bits per heavy atom. The SMILES string of the molecule is O=C(C(Cl)=Cc1ccccc1)C(Cl)=Cc1ccccc1. The van der Waals surface area contributed by atoms with Crippen LogP contribution in [0, 0.1) is 0 Å². The lowest BCUT2D eigenvalue weighted by molar-refractivity contribution is -0.111. The maximum Gasteiger partial charge on any atom is 0.215 e. The average Bonchev–Trinajstić information content (AvgIpc) is 2.48. The lowest BCUT2D eigenvalue weighted by Crippen LogP contribution is -1.97. The van der Waals surface area contributed by atoms with Crippen molar-refractivity contribution in [2.75, 3.05) is 0 Å². The van der Waals surface area contributed by atoms with Crippen molar-refractivity contribution in [2.24, 2.45) is 0 Å². The standard InChI is InChI=1S/C17H12Cl2O/c18-15(11-13-7-3-1-4-8-13)17(20)16(19)12-14-9-5-2-6-10-14/h1-12H. The summed E-state index contributed by atoms with van der Waals surface area (Å²) in [6.07, 6.45) is 3.20. The quantitative estimate of drug-likeness (QED) is 0.717. The lowest BCUT2D eigenvalue weighted by Gasteiger charge is -1.99. The van der Waals surface area contributed by atoms with E-state index in [9.17, 15) is 4.79 Å². The molecule has 0 saturated heterocycles. The molecule has 0 aliphatic heterocycles. The highest BCUT2D eigenvalue weighted by Gasteiger charge is 2.11. The molecule has 0 unspecified atom stereocenters. The molecular formula is C17H12Cl2O. The highest BCUT2D eigenvalue weighted by atomic mass is 35.5. The average molecular weight is 303 g/mol. The number of rotatable bonds is 4. The number of ketones is 1. The van der Waals surface area contributed by atoms with Crippen LogP contribution in [0.3, 0.4) is 0 Å². The molecule has 0 amide bonds. The Hall–Kier alpha value is -1.83. The fourth-order valence-corrected chi connectivity index (χ4v) is 2.14. The maximum absolute atomic E-state index is 12.1. The molecule has 0 N–H and O–H groups in total. The molecule has 100 valence electrons. The number of halogens is 2. The Morgan fingerprint density at radius 2 is 1.05 bits per heavy atom. The summed E-state index contributed by atoms with van der Waals surface area (Å²) < 4.78 is 0. The number of carbonyl (C=O) groups is 1. The molecule has 2 rings (SSSR count). The van der Waals surface area contributed by atoms with Gasteiger partial charge < -0.3 is 0 Å². The van der Waals surface area contributed by atoms with Gasteiger partial charge >= 0.3 is 0 Å². The van der Waals surface area contributed by atoms with Crippen molar-refractivity contribution < 1.29 is 4.79 Å². The third-order valence-corrected chi connectivity index (χ3v) is 3.18. The third kappa shape index (κ3) is 4.09. The topological polar surface area (TPSA) is 17.1 Å². The molecule has 20 heavy (non-hydrogen) atoms. The van der Waals surface area contributed by atoms with Gasteiger partial charge in [-0.2, -0.15) is 0 Å². The van der Waals surface area contributed by atoms with Gasteiger partial charge in [0, 0.05) is 0 Å². The molecule has 0 heterocycles. The molecule has 2 aromatic carbocycles. The summed E-state index contributed by atoms with van der Waals surface area (Å²) in [5.41, 5.74) is 1.71. The fourth-order valence-electron chi connectivity index (χ4n) is 1.64. The van der Waals surface area contributed by atoms with E-state index in [-0.39, 0.29) is 15.8 Å². The van der Waals surface area contributed by atoms with Crippen LogP contribution in [-0.4, -0.2) is 5.78 Å². The predicted octanol–water partition coefficient (Wildman–Crippen LogP) is 5.12. The van der Waals surface area contributed by atoms with Gasteiger partial charge in [-0.05, 0) is 23.3 Å². The molecule has 0 saturated carbocycles. The van der Waals surface area contributed by atoms with Gasteiger partial charge in [-0.25, -0.2) is 0 Å². The van der Waals surface area contributed by atoms with E-state index in [0.29, 0.717) is 0 Å². The Balaban J connectivity index is 2.19. The van der Waals surface area contributed by atoms with Crippen LogP contribution in [0.4, 0.5) is 0 Å². The second-order valence-corrected chi connectivity index (χ2v) is 4.95. The number of carbonyl (C=O) groups excluding carboxylic acids is 1. The molecule has 3 heteroatoms. The van der Waals surface area contributed by atoms with Gasteiger partial charge in [0.2, 0.25) is 5.78 Å². The minimum atomic E-state index is -0.388. The van der Waals surface area contributed by atoms with Crippen molar-refractivity contribution in [1.29, 1.82) is 0 Å². The summed E-state index contributed by atoms with van der Waals surface area (Å²) in [7, 11) is 0. The summed E-state index contributed by atoms with van der Waals surface area (Å²) in [4.78, 5) is 12.1. The molecule has 0 aromatic heterocycles. The monoisotopic (exact) mass is 302 g/mol. The molecular weight excluding hydrogens is 291 g/mol. The molecule has 1 nitrogen and oxygen atoms in total. The van der Waals surface area contributed by atoms with E-state index in [0.717, 1.165) is 11.1 Å². The number of hydrogen-bond donors (Lipinski definition) is 0. The Kier molecular flexibility index (Phi) is 5.16. The second-order valence-electron chi connectivity index (χ2n) is 4.14. The van der Waals surface area contributed by atoms with E-state index in [1.54, 1.807) is 12.2 Å². The number of hydrogen-bond acceptors (Lipinski definition) is 1. The van der Waals surface area contributed by atoms with Crippen LogP contribution in [-0.2, 0) is 4.79 Å². The number of allylic oxidation sites excluding steroid dienone is 2. The number of Topliss-reactive ketones (excluding diaryl/α,β-unsaturated/α-hetero) is 1. The first-order chi connectivity index (χ1) is 9.66. The van der Waals surface area contributed by atoms with Crippen molar-refractivity contribution >= 4 is 41.1 Å². The first kappa shape index (κ1) is 14.6. The second kappa shape index (κ2) is 7.09. The summed E-state index contributed by atoms with van der Waals surface area (Å²) in [6.45, 7) is 0. The zero-order valence-corrected chi connectivity index (χ0v) is 12.1. The van der Waals surface area contributed by atoms with E-state index >= 15 is 0 Å². The summed E-state index contributed by atoms with van der Waals surface area (Å²) in [5, 5.41) is 0.182. The van der Waals surface area contributed by atoms with Gasteiger partial charge in [0.15, 0.2) is 0 Å². The van der Waals surface area contributed by atoms with E-state index in [1.165, 1.54) is 0 Å². The summed E-state index contributed by atoms with van der Waals surface area (Å²) in [6, 6.07) is 18.8. The van der Waals surface area contributed by atoms with Gasteiger partial charge in [-0.15, -0.1) is 0 Å². The van der Waals surface area contributed by atoms with Crippen molar-refractivity contribution in [2.45, 2.75) is 0 Å². The number of benzene rings is 2. The summed E-state index contributed by atoms with van der Waals surface area (Å²) in [5.74, 6) is -0.388. The molecule has 0 aliphatic carbocycles. The van der Waals surface area contributed by atoms with E-state index < -0.39 is 0 Å². The van der Waals surface area contributed by atoms with Crippen molar-refractivity contribution in [3.05, 3.63) is 81.9 Å². The highest BCUT2D eigenvalue weighted by molar-refractivity contribution is 6.56. The van der Waals surface area contributed by atoms with Crippen LogP contribution < -0.4 is 0 Å². The largest absolute Gasteiger partial charge is 0.287 e. The Bertz CT molecular complexity index is 586. The first-order valence-corrected chi connectivity index (χ1v) is 6.81. The zero-order chi connectivity index (χ0) is 14.4. The van der Waals surface area contributed by atoms with Crippen molar-refractivity contribution in [3.63, 3.8) is 0 Å². The zero-order valence-electron chi connectivity index (χ0n) is 10.6. The molecule has 0 aliphatic rings. The maximum atomic E-state index is 12.1. The van der Waals surface area contributed by atoms with E-state index in [4.69, 9.17) is 23.2 Å². The summed E-state index contributed by atoms with van der Waals surface area (Å²) >= 11 is 12.0. The highest BCUT2D eigenvalue weighted by Crippen LogP contribution is 2.19. The van der Waals surface area contributed by atoms with Crippen LogP contribution >= 0.6 is 23.2 Å². The lowest BCUT2D eigenvalue weighted by atomic mass is 10.1. The predicted molar refractivity (Wildman–Crippen MR) is 85.6 cm³/mol. The van der Waals surface area contributed by atoms with Gasteiger partial charge in [-0.1, -0.05) is 83.9 Å². The Labute approximate surface area is 128 Å². The van der Waals surface area contributed by atoms with Gasteiger partial charge in [0.25, 0.3) is 0 Å². The van der Waals surface area contributed by atoms with Crippen LogP contribution in [0.5, 0.6) is 0 Å². The normalized spacial score (nSPS) is 12.3. The fraction of sp³-hybridized carbons (Fsp3) is 0. The molecule has 0 spiro atoms. The van der Waals surface area contributed by atoms with Crippen LogP contribution in [0.1, 0.15) is 11.1 Å². The minimum absolute atomic E-state index is 0.0911. The molecule has 0 fully saturated rings. The minimum Gasteiger partial charge on any atom is -0.287 e. The van der Waals surface area contributed by atoms with Crippen LogP contribution in [0.15, 0.2) is 70.7 Å². The van der Waals surface area contributed by atoms with Crippen molar-refractivity contribution in [3.8, 4) is 0 Å². The molecule has 0 bridgehead atoms. The first-order valence-electron chi connectivity index (χ1n) is 6.06. The van der Waals surface area contributed by atoms with E-state index in [1.807, 2.05) is 60.7 Å². The van der Waals surface area contributed by atoms with Crippen molar-refractivity contribution in [1.82, 2.24) is 0 Å². The van der Waals surface area contributed by atoms with Crippen LogP contribution in [0.25, 0.3) is 12.2 Å². The smallest absolute Gasteiger partial charge is 0.215 e. The molecule has 0 atom stereocenters. The van der Waals surface area contributed by atoms with Gasteiger partial charge in [0.1, 0.15) is 0 Å². The third-order valence-electron chi connectivity index (χ3n) is 2.62. The van der Waals surface area contributed by atoms with Crippen LogP contribution in [0.2, 0.25) is 0 Å². The molecule has 0 radical (unpaired) electrons. The van der Waals surface area contributed by atoms with Gasteiger partial charge in [0.05, 0.1) is 10.1 Å². The molecule has 2 aromatic rings. The van der Waals surface area contributed by atoms with E-state index in [2.05, 4.69) is 0 Å². The Morgan fingerprint density at radius 1 is 0.700 bits per heavy atom. The van der Waals surface area contributed by atoms with Gasteiger partial charge in [-0.3, -0.25) is 4.79 Å².